The van der Waals surface area contributed by atoms with Crippen molar-refractivity contribution >= 4 is 35.8 Å². The van der Waals surface area contributed by atoms with Crippen LogP contribution in [0.4, 0.5) is 0 Å². The van der Waals surface area contributed by atoms with Crippen molar-refractivity contribution in [1.29, 1.82) is 0 Å². The molecule has 1 saturated heterocycles. The third-order valence-electron chi connectivity index (χ3n) is 5.77. The van der Waals surface area contributed by atoms with Gasteiger partial charge in [-0.25, -0.2) is 0 Å². The number of aliphatic imine (C=N–C) groups is 1. The van der Waals surface area contributed by atoms with Crippen LogP contribution in [0.3, 0.4) is 0 Å². The third-order valence-corrected chi connectivity index (χ3v) is 5.77. The molecule has 29 heavy (non-hydrogen) atoms. The molecule has 6 nitrogen and oxygen atoms in total. The lowest BCUT2D eigenvalue weighted by atomic mass is 10.1. The van der Waals surface area contributed by atoms with Gasteiger partial charge in [-0.1, -0.05) is 38.0 Å². The summed E-state index contributed by atoms with van der Waals surface area (Å²) >= 11 is 0. The summed E-state index contributed by atoms with van der Waals surface area (Å²) in [5.41, 5.74) is 0. The van der Waals surface area contributed by atoms with Crippen molar-refractivity contribution in [2.45, 2.75) is 57.6 Å². The van der Waals surface area contributed by atoms with Crippen LogP contribution in [0.25, 0.3) is 0 Å². The number of halogens is 1. The highest BCUT2D eigenvalue weighted by Crippen LogP contribution is 2.27. The Labute approximate surface area is 191 Å². The van der Waals surface area contributed by atoms with E-state index < -0.39 is 0 Å². The summed E-state index contributed by atoms with van der Waals surface area (Å²) in [5.74, 6) is 2.27. The van der Waals surface area contributed by atoms with E-state index in [1.807, 2.05) is 35.2 Å². The second-order valence-corrected chi connectivity index (χ2v) is 7.81. The van der Waals surface area contributed by atoms with Crippen LogP contribution in [0.5, 0.6) is 5.75 Å². The number of hydrogen-bond acceptors (Lipinski definition) is 3. The van der Waals surface area contributed by atoms with Gasteiger partial charge in [-0.05, 0) is 37.8 Å². The Bertz CT molecular complexity index is 649. The molecule has 2 aliphatic rings. The number of carbonyl (C=O) groups excluding carboxylic acids is 1. The minimum atomic E-state index is 0. The molecule has 1 heterocycles. The topological polar surface area (TPSA) is 66.0 Å². The number of carbonyl (C=O) groups is 1. The SMILES string of the molecule is CCC(CNC(=NC)NC1CCN(C(=O)C2CCCC2)C1)Oc1ccccc1.I. The van der Waals surface area contributed by atoms with Crippen molar-refractivity contribution in [3.63, 3.8) is 0 Å². The smallest absolute Gasteiger partial charge is 0.225 e. The molecule has 1 aliphatic heterocycles. The lowest BCUT2D eigenvalue weighted by Crippen LogP contribution is -2.47. The Morgan fingerprint density at radius 3 is 2.62 bits per heavy atom. The van der Waals surface area contributed by atoms with Crippen LogP contribution in [0.1, 0.15) is 45.4 Å². The predicted molar refractivity (Wildman–Crippen MR) is 128 cm³/mol. The van der Waals surface area contributed by atoms with Gasteiger partial charge in [0.15, 0.2) is 5.96 Å². The molecule has 1 amide bonds. The number of guanidine groups is 1. The lowest BCUT2D eigenvalue weighted by Gasteiger charge is -2.23. The van der Waals surface area contributed by atoms with Gasteiger partial charge in [-0.3, -0.25) is 9.79 Å². The quantitative estimate of drug-likeness (QED) is 0.333. The molecule has 2 atom stereocenters. The van der Waals surface area contributed by atoms with Crippen LogP contribution >= 0.6 is 24.0 Å². The number of likely N-dealkylation sites (tertiary alicyclic amines) is 1. The molecule has 0 aromatic heterocycles. The van der Waals surface area contributed by atoms with Gasteiger partial charge in [-0.15, -0.1) is 24.0 Å². The van der Waals surface area contributed by atoms with Gasteiger partial charge >= 0.3 is 0 Å². The fraction of sp³-hybridized carbons (Fsp3) is 0.636. The van der Waals surface area contributed by atoms with Crippen molar-refractivity contribution in [2.24, 2.45) is 10.9 Å². The van der Waals surface area contributed by atoms with E-state index in [2.05, 4.69) is 22.5 Å². The van der Waals surface area contributed by atoms with Crippen LogP contribution in [-0.4, -0.2) is 55.6 Å². The maximum Gasteiger partial charge on any atom is 0.225 e. The molecule has 7 heteroatoms. The zero-order chi connectivity index (χ0) is 19.8. The summed E-state index contributed by atoms with van der Waals surface area (Å²) in [6.07, 6.45) is 6.48. The number of para-hydroxylation sites is 1. The van der Waals surface area contributed by atoms with Crippen molar-refractivity contribution < 1.29 is 9.53 Å². The first-order chi connectivity index (χ1) is 13.7. The minimum absolute atomic E-state index is 0. The Kier molecular flexibility index (Phi) is 10.0. The van der Waals surface area contributed by atoms with Crippen molar-refractivity contribution in [3.8, 4) is 5.75 Å². The zero-order valence-electron chi connectivity index (χ0n) is 17.6. The molecule has 162 valence electrons. The maximum atomic E-state index is 12.6. The largest absolute Gasteiger partial charge is 0.489 e. The molecule has 2 unspecified atom stereocenters. The number of benzene rings is 1. The highest BCUT2D eigenvalue weighted by Gasteiger charge is 2.32. The monoisotopic (exact) mass is 514 g/mol. The normalized spacial score (nSPS) is 20.8. The number of nitrogens with zero attached hydrogens (tertiary/aromatic N) is 2. The maximum absolute atomic E-state index is 12.6. The molecule has 2 N–H and O–H groups in total. The molecule has 1 saturated carbocycles. The van der Waals surface area contributed by atoms with Crippen LogP contribution in [-0.2, 0) is 4.79 Å². The van der Waals surface area contributed by atoms with Gasteiger partial charge in [0.25, 0.3) is 0 Å². The van der Waals surface area contributed by atoms with Crippen LogP contribution in [0.15, 0.2) is 35.3 Å². The van der Waals surface area contributed by atoms with E-state index in [4.69, 9.17) is 4.74 Å². The first-order valence-electron chi connectivity index (χ1n) is 10.7. The van der Waals surface area contributed by atoms with Gasteiger partial charge in [0.2, 0.25) is 5.91 Å². The molecule has 1 aromatic carbocycles. The molecule has 1 aliphatic carbocycles. The van der Waals surface area contributed by atoms with Gasteiger partial charge in [0, 0.05) is 32.1 Å². The number of amides is 1. The van der Waals surface area contributed by atoms with Gasteiger partial charge in [0.1, 0.15) is 11.9 Å². The molecule has 0 radical (unpaired) electrons. The summed E-state index contributed by atoms with van der Waals surface area (Å²) in [7, 11) is 1.78. The van der Waals surface area contributed by atoms with E-state index in [1.54, 1.807) is 7.05 Å². The Hall–Kier alpha value is -1.51. The van der Waals surface area contributed by atoms with E-state index in [9.17, 15) is 4.79 Å². The first-order valence-corrected chi connectivity index (χ1v) is 10.7. The molecule has 2 fully saturated rings. The Morgan fingerprint density at radius 1 is 1.24 bits per heavy atom. The lowest BCUT2D eigenvalue weighted by molar-refractivity contribution is -0.134. The standard InChI is InChI=1S/C22H34N4O2.HI/c1-3-19(28-20-11-5-4-6-12-20)15-24-22(23-2)25-18-13-14-26(16-18)21(27)17-9-7-8-10-17;/h4-6,11-12,17-19H,3,7-10,13-16H2,1-2H3,(H2,23,24,25);1H. The Morgan fingerprint density at radius 2 is 1.97 bits per heavy atom. The second kappa shape index (κ2) is 12.2. The minimum Gasteiger partial charge on any atom is -0.489 e. The average molecular weight is 514 g/mol. The number of ether oxygens (including phenoxy) is 1. The zero-order valence-corrected chi connectivity index (χ0v) is 19.9. The van der Waals surface area contributed by atoms with E-state index in [0.717, 1.165) is 50.5 Å². The highest BCUT2D eigenvalue weighted by atomic mass is 127. The summed E-state index contributed by atoms with van der Waals surface area (Å²) in [5, 5.41) is 6.85. The van der Waals surface area contributed by atoms with Crippen molar-refractivity contribution in [3.05, 3.63) is 30.3 Å². The van der Waals surface area contributed by atoms with Crippen molar-refractivity contribution in [1.82, 2.24) is 15.5 Å². The Balaban J connectivity index is 0.00000300. The fourth-order valence-corrected chi connectivity index (χ4v) is 4.07. The molecular weight excluding hydrogens is 479 g/mol. The summed E-state index contributed by atoms with van der Waals surface area (Å²) in [6, 6.07) is 10.2. The molecule has 0 spiro atoms. The van der Waals surface area contributed by atoms with Gasteiger partial charge < -0.3 is 20.3 Å². The number of nitrogens with one attached hydrogen (secondary N) is 2. The second-order valence-electron chi connectivity index (χ2n) is 7.81. The molecule has 1 aromatic rings. The van der Waals surface area contributed by atoms with E-state index >= 15 is 0 Å². The van der Waals surface area contributed by atoms with Crippen LogP contribution in [0.2, 0.25) is 0 Å². The summed E-state index contributed by atoms with van der Waals surface area (Å²) in [6.45, 7) is 4.42. The van der Waals surface area contributed by atoms with Gasteiger partial charge in [0.05, 0.1) is 6.54 Å². The van der Waals surface area contributed by atoms with Crippen molar-refractivity contribution in [2.75, 3.05) is 26.7 Å². The third kappa shape index (κ3) is 7.04. The van der Waals surface area contributed by atoms with Crippen LogP contribution in [0, 0.1) is 5.92 Å². The van der Waals surface area contributed by atoms with Gasteiger partial charge in [-0.2, -0.15) is 0 Å². The van der Waals surface area contributed by atoms with Crippen LogP contribution < -0.4 is 15.4 Å². The molecule has 3 rings (SSSR count). The average Bonchev–Trinajstić information content (AvgIpc) is 3.42. The number of hydrogen-bond donors (Lipinski definition) is 2. The molecule has 0 bridgehead atoms. The summed E-state index contributed by atoms with van der Waals surface area (Å²) in [4.78, 5) is 19.0. The summed E-state index contributed by atoms with van der Waals surface area (Å²) < 4.78 is 6.04. The fourth-order valence-electron chi connectivity index (χ4n) is 4.07. The van der Waals surface area contributed by atoms with E-state index in [1.165, 1.54) is 12.8 Å². The highest BCUT2D eigenvalue weighted by molar-refractivity contribution is 14.0. The molecular formula is C22H35IN4O2. The first kappa shape index (κ1) is 23.8. The predicted octanol–water partition coefficient (Wildman–Crippen LogP) is 3.42. The number of rotatable bonds is 7. The van der Waals surface area contributed by atoms with E-state index in [-0.39, 0.29) is 42.0 Å². The van der Waals surface area contributed by atoms with E-state index in [0.29, 0.717) is 12.5 Å².